The van der Waals surface area contributed by atoms with E-state index < -0.39 is 0 Å². The molecule has 1 aliphatic rings. The first kappa shape index (κ1) is 19.8. The average molecular weight is 404 g/mol. The Labute approximate surface area is 175 Å². The first-order chi connectivity index (χ1) is 14.7. The van der Waals surface area contributed by atoms with Crippen molar-refractivity contribution in [3.8, 4) is 11.4 Å². The quantitative estimate of drug-likeness (QED) is 0.683. The number of carbonyl (C=O) groups excluding carboxylic acids is 2. The molecule has 30 heavy (non-hydrogen) atoms. The highest BCUT2D eigenvalue weighted by Crippen LogP contribution is 2.28. The Balaban J connectivity index is 1.24. The lowest BCUT2D eigenvalue weighted by Crippen LogP contribution is -2.44. The number of nitrogens with zero attached hydrogens (tertiary/aromatic N) is 3. The monoisotopic (exact) mass is 404 g/mol. The average Bonchev–Trinajstić information content (AvgIpc) is 3.29. The number of carbonyl (C=O) groups is 2. The summed E-state index contributed by atoms with van der Waals surface area (Å²) in [5, 5.41) is 6.81. The fraction of sp³-hybridized carbons (Fsp3) is 0.304. The van der Waals surface area contributed by atoms with Gasteiger partial charge in [-0.1, -0.05) is 65.8 Å². The van der Waals surface area contributed by atoms with Crippen molar-refractivity contribution >= 4 is 11.8 Å². The SMILES string of the molecule is O=C(Cc1ccccc1)NCC(=O)N1CCC(c2nc(-c3ccccc3)no2)CC1. The molecule has 1 aromatic heterocycles. The van der Waals surface area contributed by atoms with Crippen LogP contribution in [0.5, 0.6) is 0 Å². The summed E-state index contributed by atoms with van der Waals surface area (Å²) < 4.78 is 5.47. The predicted molar refractivity (Wildman–Crippen MR) is 111 cm³/mol. The summed E-state index contributed by atoms with van der Waals surface area (Å²) in [5.41, 5.74) is 1.85. The Morgan fingerprint density at radius 3 is 2.37 bits per heavy atom. The van der Waals surface area contributed by atoms with Crippen LogP contribution in [0, 0.1) is 0 Å². The molecule has 0 bridgehead atoms. The van der Waals surface area contributed by atoms with Gasteiger partial charge in [-0.05, 0) is 18.4 Å². The molecule has 3 aromatic rings. The first-order valence-corrected chi connectivity index (χ1v) is 10.2. The molecule has 1 aliphatic heterocycles. The van der Waals surface area contributed by atoms with Gasteiger partial charge in [0.15, 0.2) is 0 Å². The van der Waals surface area contributed by atoms with E-state index in [4.69, 9.17) is 4.52 Å². The van der Waals surface area contributed by atoms with E-state index in [0.717, 1.165) is 24.0 Å². The molecule has 0 atom stereocenters. The molecule has 154 valence electrons. The highest BCUT2D eigenvalue weighted by molar-refractivity contribution is 5.85. The van der Waals surface area contributed by atoms with Crippen molar-refractivity contribution in [2.75, 3.05) is 19.6 Å². The van der Waals surface area contributed by atoms with E-state index in [1.165, 1.54) is 0 Å². The van der Waals surface area contributed by atoms with Gasteiger partial charge in [-0.25, -0.2) is 0 Å². The zero-order chi connectivity index (χ0) is 20.8. The standard InChI is InChI=1S/C23H24N4O3/c28-20(15-17-7-3-1-4-8-17)24-16-21(29)27-13-11-19(12-14-27)23-25-22(26-30-23)18-9-5-2-6-10-18/h1-10,19H,11-16H2,(H,24,28). The van der Waals surface area contributed by atoms with Crippen LogP contribution in [0.25, 0.3) is 11.4 Å². The highest BCUT2D eigenvalue weighted by Gasteiger charge is 2.27. The molecule has 0 unspecified atom stereocenters. The fourth-order valence-electron chi connectivity index (χ4n) is 3.61. The van der Waals surface area contributed by atoms with Crippen LogP contribution in [0.1, 0.15) is 30.2 Å². The highest BCUT2D eigenvalue weighted by atomic mass is 16.5. The summed E-state index contributed by atoms with van der Waals surface area (Å²) in [5.74, 6) is 1.14. The zero-order valence-corrected chi connectivity index (χ0v) is 16.7. The molecule has 0 radical (unpaired) electrons. The van der Waals surface area contributed by atoms with Gasteiger partial charge in [0.05, 0.1) is 13.0 Å². The Morgan fingerprint density at radius 1 is 1.00 bits per heavy atom. The summed E-state index contributed by atoms with van der Waals surface area (Å²) >= 11 is 0. The van der Waals surface area contributed by atoms with Crippen LogP contribution in [-0.4, -0.2) is 46.5 Å². The Bertz CT molecular complexity index is 980. The second-order valence-corrected chi connectivity index (χ2v) is 7.42. The van der Waals surface area contributed by atoms with Crippen molar-refractivity contribution < 1.29 is 14.1 Å². The summed E-state index contributed by atoms with van der Waals surface area (Å²) in [6.45, 7) is 1.25. The van der Waals surface area contributed by atoms with E-state index in [1.807, 2.05) is 60.7 Å². The summed E-state index contributed by atoms with van der Waals surface area (Å²) in [6, 6.07) is 19.2. The van der Waals surface area contributed by atoms with Gasteiger partial charge < -0.3 is 14.7 Å². The molecule has 0 aliphatic carbocycles. The topological polar surface area (TPSA) is 88.3 Å². The molecule has 0 spiro atoms. The number of hydrogen-bond acceptors (Lipinski definition) is 5. The maximum absolute atomic E-state index is 12.4. The Kier molecular flexibility index (Phi) is 6.17. The summed E-state index contributed by atoms with van der Waals surface area (Å²) in [6.07, 6.45) is 1.80. The van der Waals surface area contributed by atoms with Crippen molar-refractivity contribution in [3.05, 3.63) is 72.1 Å². The van der Waals surface area contributed by atoms with E-state index in [0.29, 0.717) is 24.8 Å². The third-order valence-electron chi connectivity index (χ3n) is 5.31. The molecular weight excluding hydrogens is 380 g/mol. The molecule has 0 saturated carbocycles. The third kappa shape index (κ3) is 4.92. The van der Waals surface area contributed by atoms with Crippen LogP contribution < -0.4 is 5.32 Å². The van der Waals surface area contributed by atoms with Crippen LogP contribution in [0.2, 0.25) is 0 Å². The second-order valence-electron chi connectivity index (χ2n) is 7.42. The van der Waals surface area contributed by atoms with E-state index in [2.05, 4.69) is 15.5 Å². The Hall–Kier alpha value is -3.48. The molecule has 4 rings (SSSR count). The summed E-state index contributed by atoms with van der Waals surface area (Å²) in [4.78, 5) is 30.8. The number of benzene rings is 2. The van der Waals surface area contributed by atoms with E-state index >= 15 is 0 Å². The van der Waals surface area contributed by atoms with Gasteiger partial charge in [-0.15, -0.1) is 0 Å². The van der Waals surface area contributed by atoms with Crippen molar-refractivity contribution in [2.45, 2.75) is 25.2 Å². The van der Waals surface area contributed by atoms with Crippen molar-refractivity contribution in [1.29, 1.82) is 0 Å². The van der Waals surface area contributed by atoms with Crippen molar-refractivity contribution in [3.63, 3.8) is 0 Å². The lowest BCUT2D eigenvalue weighted by molar-refractivity contribution is -0.133. The molecule has 1 N–H and O–H groups in total. The molecule has 7 nitrogen and oxygen atoms in total. The molecule has 1 fully saturated rings. The number of likely N-dealkylation sites (tertiary alicyclic amines) is 1. The van der Waals surface area contributed by atoms with Crippen LogP contribution in [0.4, 0.5) is 0 Å². The van der Waals surface area contributed by atoms with Gasteiger partial charge in [0, 0.05) is 24.6 Å². The van der Waals surface area contributed by atoms with Gasteiger partial charge in [0.1, 0.15) is 0 Å². The van der Waals surface area contributed by atoms with Crippen molar-refractivity contribution in [1.82, 2.24) is 20.4 Å². The predicted octanol–water partition coefficient (Wildman–Crippen LogP) is 2.80. The minimum absolute atomic E-state index is 0.0229. The van der Waals surface area contributed by atoms with Crippen LogP contribution >= 0.6 is 0 Å². The molecule has 2 amide bonds. The Morgan fingerprint density at radius 2 is 1.67 bits per heavy atom. The van der Waals surface area contributed by atoms with Crippen molar-refractivity contribution in [2.24, 2.45) is 0 Å². The molecule has 2 heterocycles. The molecule has 7 heteroatoms. The van der Waals surface area contributed by atoms with Crippen LogP contribution in [0.15, 0.2) is 65.2 Å². The van der Waals surface area contributed by atoms with Gasteiger partial charge in [0.2, 0.25) is 23.5 Å². The summed E-state index contributed by atoms with van der Waals surface area (Å²) in [7, 11) is 0. The zero-order valence-electron chi connectivity index (χ0n) is 16.7. The maximum atomic E-state index is 12.4. The van der Waals surface area contributed by atoms with E-state index in [9.17, 15) is 9.59 Å². The first-order valence-electron chi connectivity index (χ1n) is 10.2. The van der Waals surface area contributed by atoms with Gasteiger partial charge in [-0.2, -0.15) is 4.98 Å². The number of amides is 2. The van der Waals surface area contributed by atoms with E-state index in [-0.39, 0.29) is 30.7 Å². The smallest absolute Gasteiger partial charge is 0.241 e. The van der Waals surface area contributed by atoms with Crippen LogP contribution in [0.3, 0.4) is 0 Å². The van der Waals surface area contributed by atoms with Gasteiger partial charge >= 0.3 is 0 Å². The minimum Gasteiger partial charge on any atom is -0.347 e. The molecule has 2 aromatic carbocycles. The van der Waals surface area contributed by atoms with Crippen LogP contribution in [-0.2, 0) is 16.0 Å². The number of rotatable bonds is 6. The molecule has 1 saturated heterocycles. The lowest BCUT2D eigenvalue weighted by atomic mass is 9.96. The number of aromatic nitrogens is 2. The third-order valence-corrected chi connectivity index (χ3v) is 5.31. The van der Waals surface area contributed by atoms with E-state index in [1.54, 1.807) is 4.90 Å². The van der Waals surface area contributed by atoms with Gasteiger partial charge in [-0.3, -0.25) is 9.59 Å². The van der Waals surface area contributed by atoms with Gasteiger partial charge in [0.25, 0.3) is 0 Å². The maximum Gasteiger partial charge on any atom is 0.241 e. The normalized spacial score (nSPS) is 14.5. The number of hydrogen-bond donors (Lipinski definition) is 1. The second kappa shape index (κ2) is 9.35. The molecular formula is C23H24N4O3. The number of nitrogens with one attached hydrogen (secondary N) is 1. The largest absolute Gasteiger partial charge is 0.347 e. The lowest BCUT2D eigenvalue weighted by Gasteiger charge is -2.30. The number of piperidine rings is 1. The fourth-order valence-corrected chi connectivity index (χ4v) is 3.61. The minimum atomic E-state index is -0.149.